The van der Waals surface area contributed by atoms with Gasteiger partial charge in [0.25, 0.3) is 5.69 Å². The minimum Gasteiger partial charge on any atom is -0.423 e. The summed E-state index contributed by atoms with van der Waals surface area (Å²) in [5.74, 6) is -1.78. The lowest BCUT2D eigenvalue weighted by Gasteiger charge is -2.15. The Morgan fingerprint density at radius 2 is 1.62 bits per heavy atom. The van der Waals surface area contributed by atoms with Gasteiger partial charge in [0.2, 0.25) is 11.8 Å². The lowest BCUT2D eigenvalue weighted by Crippen LogP contribution is -2.31. The third kappa shape index (κ3) is 3.40. The van der Waals surface area contributed by atoms with Crippen molar-refractivity contribution in [2.45, 2.75) is 12.8 Å². The van der Waals surface area contributed by atoms with E-state index in [4.69, 9.17) is 4.74 Å². The SMILES string of the molecule is O=C(Oc1ccc([N+](=O)[O-])cc1)c1cccc(N2C(=O)[C@H]3CC=CC[C@@H]3C2=O)c1. The number of carbonyl (C=O) groups is 3. The van der Waals surface area contributed by atoms with E-state index in [9.17, 15) is 24.5 Å². The Kier molecular flexibility index (Phi) is 4.67. The first kappa shape index (κ1) is 18.5. The van der Waals surface area contributed by atoms with Crippen LogP contribution in [0.2, 0.25) is 0 Å². The highest BCUT2D eigenvalue weighted by molar-refractivity contribution is 6.22. The van der Waals surface area contributed by atoms with E-state index in [-0.39, 0.29) is 40.7 Å². The summed E-state index contributed by atoms with van der Waals surface area (Å²) >= 11 is 0. The number of imide groups is 1. The Morgan fingerprint density at radius 3 is 2.21 bits per heavy atom. The number of nitrogens with zero attached hydrogens (tertiary/aromatic N) is 2. The monoisotopic (exact) mass is 392 g/mol. The third-order valence-corrected chi connectivity index (χ3v) is 5.11. The van der Waals surface area contributed by atoms with Crippen LogP contribution in [0.3, 0.4) is 0 Å². The molecule has 2 aliphatic rings. The highest BCUT2D eigenvalue weighted by atomic mass is 16.6. The number of nitro groups is 1. The molecule has 0 aromatic heterocycles. The Bertz CT molecular complexity index is 1020. The average Bonchev–Trinajstić information content (AvgIpc) is 2.99. The van der Waals surface area contributed by atoms with Crippen molar-refractivity contribution in [3.8, 4) is 5.75 Å². The maximum absolute atomic E-state index is 12.7. The predicted octanol–water partition coefficient (Wildman–Crippen LogP) is 3.27. The fourth-order valence-electron chi connectivity index (χ4n) is 3.63. The molecule has 0 saturated carbocycles. The number of esters is 1. The molecule has 1 aliphatic heterocycles. The summed E-state index contributed by atoms with van der Waals surface area (Å²) in [6.45, 7) is 0. The highest BCUT2D eigenvalue weighted by Crippen LogP contribution is 2.37. The Morgan fingerprint density at radius 1 is 1.00 bits per heavy atom. The molecule has 2 aromatic rings. The Labute approximate surface area is 165 Å². The van der Waals surface area contributed by atoms with E-state index in [0.717, 1.165) is 4.90 Å². The minimum absolute atomic E-state index is 0.117. The van der Waals surface area contributed by atoms with Crippen LogP contribution >= 0.6 is 0 Å². The van der Waals surface area contributed by atoms with Gasteiger partial charge in [0.1, 0.15) is 5.75 Å². The van der Waals surface area contributed by atoms with Gasteiger partial charge in [0.05, 0.1) is 28.0 Å². The maximum atomic E-state index is 12.7. The molecule has 2 amide bonds. The molecule has 8 nitrogen and oxygen atoms in total. The van der Waals surface area contributed by atoms with Crippen LogP contribution in [0.25, 0.3) is 0 Å². The van der Waals surface area contributed by atoms with Crippen molar-refractivity contribution in [2.24, 2.45) is 11.8 Å². The molecule has 1 fully saturated rings. The first-order valence-corrected chi connectivity index (χ1v) is 9.05. The largest absolute Gasteiger partial charge is 0.423 e. The van der Waals surface area contributed by atoms with Crippen LogP contribution in [-0.4, -0.2) is 22.7 Å². The summed E-state index contributed by atoms with van der Waals surface area (Å²) in [4.78, 5) is 49.2. The zero-order valence-electron chi connectivity index (χ0n) is 15.2. The molecule has 0 N–H and O–H groups in total. The van der Waals surface area contributed by atoms with E-state index >= 15 is 0 Å². The molecule has 2 atom stereocenters. The number of hydrogen-bond donors (Lipinski definition) is 0. The molecule has 146 valence electrons. The van der Waals surface area contributed by atoms with E-state index in [0.29, 0.717) is 18.5 Å². The van der Waals surface area contributed by atoms with Gasteiger partial charge in [-0.25, -0.2) is 4.79 Å². The van der Waals surface area contributed by atoms with E-state index in [1.54, 1.807) is 12.1 Å². The first-order chi connectivity index (χ1) is 14.0. The number of non-ortho nitro benzene ring substituents is 1. The first-order valence-electron chi connectivity index (χ1n) is 9.05. The molecular weight excluding hydrogens is 376 g/mol. The van der Waals surface area contributed by atoms with E-state index in [1.807, 2.05) is 12.2 Å². The summed E-state index contributed by atoms with van der Waals surface area (Å²) in [5, 5.41) is 10.7. The molecule has 4 rings (SSSR count). The highest BCUT2D eigenvalue weighted by Gasteiger charge is 2.47. The van der Waals surface area contributed by atoms with Gasteiger partial charge in [-0.1, -0.05) is 18.2 Å². The van der Waals surface area contributed by atoms with E-state index in [1.165, 1.54) is 36.4 Å². The van der Waals surface area contributed by atoms with Crippen molar-refractivity contribution in [3.63, 3.8) is 0 Å². The molecular formula is C21H16N2O6. The average molecular weight is 392 g/mol. The number of nitro benzene ring substituents is 1. The van der Waals surface area contributed by atoms with Gasteiger partial charge in [0, 0.05) is 12.1 Å². The van der Waals surface area contributed by atoms with Gasteiger partial charge in [-0.3, -0.25) is 24.6 Å². The van der Waals surface area contributed by atoms with Crippen molar-refractivity contribution in [3.05, 3.63) is 76.4 Å². The van der Waals surface area contributed by atoms with E-state index < -0.39 is 10.9 Å². The van der Waals surface area contributed by atoms with Crippen LogP contribution in [0.1, 0.15) is 23.2 Å². The molecule has 0 unspecified atom stereocenters. The minimum atomic E-state index is -0.695. The summed E-state index contributed by atoms with van der Waals surface area (Å²) < 4.78 is 5.24. The topological polar surface area (TPSA) is 107 Å². The Hall–Kier alpha value is -3.81. The van der Waals surface area contributed by atoms with Gasteiger partial charge >= 0.3 is 5.97 Å². The number of ether oxygens (including phenoxy) is 1. The lowest BCUT2D eigenvalue weighted by molar-refractivity contribution is -0.384. The molecule has 8 heteroatoms. The molecule has 1 aliphatic carbocycles. The zero-order valence-corrected chi connectivity index (χ0v) is 15.2. The van der Waals surface area contributed by atoms with Crippen LogP contribution in [0.15, 0.2) is 60.7 Å². The van der Waals surface area contributed by atoms with Gasteiger partial charge in [-0.05, 0) is 43.2 Å². The van der Waals surface area contributed by atoms with Gasteiger partial charge in [-0.2, -0.15) is 0 Å². The number of carbonyl (C=O) groups excluding carboxylic acids is 3. The van der Waals surface area contributed by atoms with Crippen molar-refractivity contribution >= 4 is 29.2 Å². The Balaban J connectivity index is 1.54. The van der Waals surface area contributed by atoms with Crippen LogP contribution in [0, 0.1) is 22.0 Å². The number of allylic oxidation sites excluding steroid dienone is 2. The van der Waals surface area contributed by atoms with Crippen LogP contribution in [-0.2, 0) is 9.59 Å². The number of benzene rings is 2. The third-order valence-electron chi connectivity index (χ3n) is 5.11. The number of anilines is 1. The second-order valence-corrected chi connectivity index (χ2v) is 6.86. The maximum Gasteiger partial charge on any atom is 0.343 e. The zero-order chi connectivity index (χ0) is 20.5. The summed E-state index contributed by atoms with van der Waals surface area (Å²) in [7, 11) is 0. The summed E-state index contributed by atoms with van der Waals surface area (Å²) in [5.41, 5.74) is 0.371. The second kappa shape index (κ2) is 7.31. The lowest BCUT2D eigenvalue weighted by atomic mass is 9.85. The fraction of sp³-hybridized carbons (Fsp3) is 0.190. The number of rotatable bonds is 4. The smallest absolute Gasteiger partial charge is 0.343 e. The van der Waals surface area contributed by atoms with Crippen molar-refractivity contribution in [2.75, 3.05) is 4.90 Å². The van der Waals surface area contributed by atoms with Gasteiger partial charge in [0.15, 0.2) is 0 Å². The fourth-order valence-corrected chi connectivity index (χ4v) is 3.63. The molecule has 0 spiro atoms. The molecule has 2 aromatic carbocycles. The number of amides is 2. The standard InChI is InChI=1S/C21H16N2O6/c24-19-17-6-1-2-7-18(17)20(25)22(19)15-5-3-4-13(12-15)21(26)29-16-10-8-14(9-11-16)23(27)28/h1-5,8-12,17-18H,6-7H2/t17-,18-/m0/s1. The number of hydrogen-bond acceptors (Lipinski definition) is 6. The molecule has 0 bridgehead atoms. The molecule has 1 heterocycles. The quantitative estimate of drug-likeness (QED) is 0.197. The molecule has 29 heavy (non-hydrogen) atoms. The second-order valence-electron chi connectivity index (χ2n) is 6.86. The molecule has 1 saturated heterocycles. The molecule has 0 radical (unpaired) electrons. The van der Waals surface area contributed by atoms with Crippen LogP contribution in [0.5, 0.6) is 5.75 Å². The van der Waals surface area contributed by atoms with Crippen LogP contribution in [0.4, 0.5) is 11.4 Å². The normalized spacial score (nSPS) is 20.5. The van der Waals surface area contributed by atoms with Crippen molar-refractivity contribution < 1.29 is 24.0 Å². The summed E-state index contributed by atoms with van der Waals surface area (Å²) in [6, 6.07) is 11.2. The van der Waals surface area contributed by atoms with Gasteiger partial charge < -0.3 is 4.74 Å². The number of fused-ring (bicyclic) bond motifs is 1. The van der Waals surface area contributed by atoms with Gasteiger partial charge in [-0.15, -0.1) is 0 Å². The summed E-state index contributed by atoms with van der Waals surface area (Å²) in [6.07, 6.45) is 4.89. The predicted molar refractivity (Wildman–Crippen MR) is 102 cm³/mol. The van der Waals surface area contributed by atoms with E-state index in [2.05, 4.69) is 0 Å². The van der Waals surface area contributed by atoms with Crippen LogP contribution < -0.4 is 9.64 Å². The van der Waals surface area contributed by atoms with Crippen molar-refractivity contribution in [1.29, 1.82) is 0 Å². The van der Waals surface area contributed by atoms with Crippen molar-refractivity contribution in [1.82, 2.24) is 0 Å².